The van der Waals surface area contributed by atoms with Crippen LogP contribution in [0.15, 0.2) is 54.7 Å². The van der Waals surface area contributed by atoms with Crippen LogP contribution in [0.2, 0.25) is 5.02 Å². The van der Waals surface area contributed by atoms with Crippen molar-refractivity contribution in [3.05, 3.63) is 59.8 Å². The molecule has 0 bridgehead atoms. The zero-order valence-corrected chi connectivity index (χ0v) is 9.33. The molecule has 78 valence electrons. The molecule has 2 heteroatoms. The molecule has 16 heavy (non-hydrogen) atoms. The fourth-order valence-corrected chi connectivity index (χ4v) is 2.09. The molecule has 1 nitrogen and oxygen atoms in total. The largest absolute Gasteiger partial charge is 0.361 e. The molecule has 1 aromatic heterocycles. The van der Waals surface area contributed by atoms with Crippen LogP contribution >= 0.6 is 11.6 Å². The molecule has 3 aromatic rings. The van der Waals surface area contributed by atoms with E-state index in [0.29, 0.717) is 0 Å². The molecule has 2 aromatic carbocycles. The molecule has 0 amide bonds. The van der Waals surface area contributed by atoms with Crippen molar-refractivity contribution >= 4 is 22.5 Å². The van der Waals surface area contributed by atoms with Crippen molar-refractivity contribution in [2.45, 2.75) is 0 Å². The van der Waals surface area contributed by atoms with Gasteiger partial charge in [0.25, 0.3) is 0 Å². The number of hydrogen-bond acceptors (Lipinski definition) is 0. The first-order valence-electron chi connectivity index (χ1n) is 5.16. The molecule has 0 aliphatic carbocycles. The van der Waals surface area contributed by atoms with Crippen LogP contribution in [-0.2, 0) is 0 Å². The average molecular weight is 228 g/mol. The monoisotopic (exact) mass is 227 g/mol. The van der Waals surface area contributed by atoms with Crippen molar-refractivity contribution in [1.82, 2.24) is 4.98 Å². The zero-order valence-electron chi connectivity index (χ0n) is 8.57. The first kappa shape index (κ1) is 9.49. The lowest BCUT2D eigenvalue weighted by atomic mass is 10.0. The van der Waals surface area contributed by atoms with E-state index in [4.69, 9.17) is 11.6 Å². The maximum Gasteiger partial charge on any atom is 0.0454 e. The Morgan fingerprint density at radius 1 is 0.875 bits per heavy atom. The lowest BCUT2D eigenvalue weighted by Crippen LogP contribution is -1.77. The summed E-state index contributed by atoms with van der Waals surface area (Å²) >= 11 is 5.99. The van der Waals surface area contributed by atoms with Crippen LogP contribution in [0.4, 0.5) is 0 Å². The third-order valence-corrected chi connectivity index (χ3v) is 2.95. The van der Waals surface area contributed by atoms with Crippen molar-refractivity contribution in [2.24, 2.45) is 0 Å². The molecule has 0 radical (unpaired) electrons. The second kappa shape index (κ2) is 3.69. The number of aromatic nitrogens is 1. The molecular formula is C14H10ClN. The van der Waals surface area contributed by atoms with Gasteiger partial charge in [-0.1, -0.05) is 29.8 Å². The molecule has 0 aliphatic rings. The summed E-state index contributed by atoms with van der Waals surface area (Å²) < 4.78 is 0. The van der Waals surface area contributed by atoms with Crippen LogP contribution in [0.25, 0.3) is 22.0 Å². The van der Waals surface area contributed by atoms with E-state index >= 15 is 0 Å². The maximum atomic E-state index is 5.99. The molecule has 0 saturated heterocycles. The Hall–Kier alpha value is -1.73. The third-order valence-electron chi connectivity index (χ3n) is 2.71. The lowest BCUT2D eigenvalue weighted by Gasteiger charge is -2.02. The van der Waals surface area contributed by atoms with Crippen molar-refractivity contribution in [3.63, 3.8) is 0 Å². The van der Waals surface area contributed by atoms with Crippen molar-refractivity contribution in [2.75, 3.05) is 0 Å². The summed E-state index contributed by atoms with van der Waals surface area (Å²) in [6.07, 6.45) is 1.95. The van der Waals surface area contributed by atoms with Gasteiger partial charge in [0.2, 0.25) is 0 Å². The quantitative estimate of drug-likeness (QED) is 0.631. The molecule has 0 spiro atoms. The first-order valence-corrected chi connectivity index (χ1v) is 5.54. The van der Waals surface area contributed by atoms with Gasteiger partial charge in [-0.15, -0.1) is 0 Å². The van der Waals surface area contributed by atoms with Crippen LogP contribution in [0.1, 0.15) is 0 Å². The summed E-state index contributed by atoms with van der Waals surface area (Å²) in [5.74, 6) is 0. The van der Waals surface area contributed by atoms with Gasteiger partial charge in [-0.25, -0.2) is 0 Å². The van der Waals surface area contributed by atoms with Crippen LogP contribution in [0, 0.1) is 0 Å². The summed E-state index contributed by atoms with van der Waals surface area (Å²) in [6, 6.07) is 16.3. The number of H-pyrrole nitrogens is 1. The number of benzene rings is 2. The topological polar surface area (TPSA) is 15.8 Å². The van der Waals surface area contributed by atoms with Crippen LogP contribution in [0.5, 0.6) is 0 Å². The Balaban J connectivity index is 2.18. The van der Waals surface area contributed by atoms with Gasteiger partial charge in [-0.2, -0.15) is 0 Å². The smallest absolute Gasteiger partial charge is 0.0454 e. The van der Waals surface area contributed by atoms with Gasteiger partial charge in [0.15, 0.2) is 0 Å². The Bertz CT molecular complexity index is 640. The van der Waals surface area contributed by atoms with Gasteiger partial charge >= 0.3 is 0 Å². The molecule has 0 unspecified atom stereocenters. The molecule has 1 heterocycles. The summed E-state index contributed by atoms with van der Waals surface area (Å²) in [7, 11) is 0. The SMILES string of the molecule is Clc1cccc(-c2ccc3[nH]ccc3c2)c1. The fraction of sp³-hybridized carbons (Fsp3) is 0. The molecule has 0 saturated carbocycles. The second-order valence-electron chi connectivity index (χ2n) is 3.79. The Kier molecular flexibility index (Phi) is 2.19. The summed E-state index contributed by atoms with van der Waals surface area (Å²) in [5, 5.41) is 1.99. The number of fused-ring (bicyclic) bond motifs is 1. The molecule has 0 aliphatic heterocycles. The summed E-state index contributed by atoms with van der Waals surface area (Å²) in [6.45, 7) is 0. The standard InChI is InChI=1S/C14H10ClN/c15-13-3-1-2-10(9-13)11-4-5-14-12(8-11)6-7-16-14/h1-9,16H. The summed E-state index contributed by atoms with van der Waals surface area (Å²) in [5.41, 5.74) is 3.50. The fourth-order valence-electron chi connectivity index (χ4n) is 1.90. The Labute approximate surface area is 98.7 Å². The second-order valence-corrected chi connectivity index (χ2v) is 4.23. The number of aromatic amines is 1. The highest BCUT2D eigenvalue weighted by Gasteiger charge is 2.00. The van der Waals surface area contributed by atoms with Crippen LogP contribution in [-0.4, -0.2) is 4.98 Å². The maximum absolute atomic E-state index is 5.99. The van der Waals surface area contributed by atoms with E-state index < -0.39 is 0 Å². The third kappa shape index (κ3) is 1.59. The van der Waals surface area contributed by atoms with E-state index in [-0.39, 0.29) is 0 Å². The van der Waals surface area contributed by atoms with E-state index in [1.54, 1.807) is 0 Å². The number of rotatable bonds is 1. The van der Waals surface area contributed by atoms with Gasteiger partial charge in [0.05, 0.1) is 0 Å². The zero-order chi connectivity index (χ0) is 11.0. The van der Waals surface area contributed by atoms with Gasteiger partial charge in [-0.3, -0.25) is 0 Å². The van der Waals surface area contributed by atoms with E-state index in [2.05, 4.69) is 35.3 Å². The highest BCUT2D eigenvalue weighted by molar-refractivity contribution is 6.30. The van der Waals surface area contributed by atoms with E-state index in [9.17, 15) is 0 Å². The van der Waals surface area contributed by atoms with E-state index in [1.807, 2.05) is 24.4 Å². The predicted octanol–water partition coefficient (Wildman–Crippen LogP) is 4.49. The molecule has 3 rings (SSSR count). The Morgan fingerprint density at radius 3 is 2.62 bits per heavy atom. The normalized spacial score (nSPS) is 10.8. The average Bonchev–Trinajstić information content (AvgIpc) is 2.75. The minimum atomic E-state index is 0.770. The molecular weight excluding hydrogens is 218 g/mol. The minimum Gasteiger partial charge on any atom is -0.361 e. The number of hydrogen-bond donors (Lipinski definition) is 1. The summed E-state index contributed by atoms with van der Waals surface area (Å²) in [4.78, 5) is 3.18. The highest BCUT2D eigenvalue weighted by atomic mass is 35.5. The van der Waals surface area contributed by atoms with Gasteiger partial charge in [0, 0.05) is 16.7 Å². The van der Waals surface area contributed by atoms with E-state index in [0.717, 1.165) is 16.1 Å². The van der Waals surface area contributed by atoms with Gasteiger partial charge in [0.1, 0.15) is 0 Å². The first-order chi connectivity index (χ1) is 7.83. The van der Waals surface area contributed by atoms with E-state index in [1.165, 1.54) is 10.9 Å². The Morgan fingerprint density at radius 2 is 1.75 bits per heavy atom. The van der Waals surface area contributed by atoms with Crippen LogP contribution in [0.3, 0.4) is 0 Å². The number of halogens is 1. The lowest BCUT2D eigenvalue weighted by molar-refractivity contribution is 1.48. The van der Waals surface area contributed by atoms with Crippen LogP contribution < -0.4 is 0 Å². The minimum absolute atomic E-state index is 0.770. The molecule has 1 N–H and O–H groups in total. The number of nitrogens with one attached hydrogen (secondary N) is 1. The van der Waals surface area contributed by atoms with Crippen molar-refractivity contribution in [3.8, 4) is 11.1 Å². The highest BCUT2D eigenvalue weighted by Crippen LogP contribution is 2.25. The van der Waals surface area contributed by atoms with Gasteiger partial charge < -0.3 is 4.98 Å². The van der Waals surface area contributed by atoms with Crippen molar-refractivity contribution in [1.29, 1.82) is 0 Å². The predicted molar refractivity (Wildman–Crippen MR) is 68.7 cm³/mol. The van der Waals surface area contributed by atoms with Crippen molar-refractivity contribution < 1.29 is 0 Å². The van der Waals surface area contributed by atoms with Gasteiger partial charge in [-0.05, 0) is 46.8 Å². The molecule has 0 atom stereocenters. The molecule has 0 fully saturated rings.